The van der Waals surface area contributed by atoms with Gasteiger partial charge in [0.1, 0.15) is 5.75 Å². The number of hydrogen-bond donors (Lipinski definition) is 1. The highest BCUT2D eigenvalue weighted by Gasteiger charge is 2.32. The highest BCUT2D eigenvalue weighted by atomic mass is 35.5. The zero-order chi connectivity index (χ0) is 17.5. The summed E-state index contributed by atoms with van der Waals surface area (Å²) in [5.41, 5.74) is -1.19. The summed E-state index contributed by atoms with van der Waals surface area (Å²) in [4.78, 5) is 11.7. The Hall–Kier alpha value is -2.61. The molecule has 0 spiro atoms. The molecule has 1 aromatic heterocycles. The molecular formula is C15H7ClF4N2O2. The predicted octanol–water partition coefficient (Wildman–Crippen LogP) is 4.53. The summed E-state index contributed by atoms with van der Waals surface area (Å²) in [5, 5.41) is 5.91. The number of rotatable bonds is 2. The van der Waals surface area contributed by atoms with E-state index in [9.17, 15) is 22.4 Å². The Balaban J connectivity index is 2.03. The molecule has 0 aliphatic heterocycles. The first-order chi connectivity index (χ1) is 11.3. The number of nitrogens with one attached hydrogen (secondary N) is 1. The van der Waals surface area contributed by atoms with Crippen molar-refractivity contribution >= 4 is 22.5 Å². The van der Waals surface area contributed by atoms with Crippen molar-refractivity contribution in [1.82, 2.24) is 10.2 Å². The molecule has 0 aliphatic rings. The second kappa shape index (κ2) is 5.79. The maximum Gasteiger partial charge on any atom is 0.416 e. The van der Waals surface area contributed by atoms with Crippen LogP contribution in [0, 0.1) is 5.82 Å². The van der Waals surface area contributed by atoms with Crippen LogP contribution in [0.25, 0.3) is 10.9 Å². The number of ether oxygens (including phenoxy) is 1. The Morgan fingerprint density at radius 1 is 1.17 bits per heavy atom. The van der Waals surface area contributed by atoms with Crippen LogP contribution in [0.1, 0.15) is 5.56 Å². The summed E-state index contributed by atoms with van der Waals surface area (Å²) >= 11 is 5.70. The minimum absolute atomic E-state index is 0.0414. The van der Waals surface area contributed by atoms with E-state index in [4.69, 9.17) is 16.3 Å². The van der Waals surface area contributed by atoms with E-state index in [1.165, 1.54) is 18.2 Å². The average Bonchev–Trinajstić information content (AvgIpc) is 2.50. The van der Waals surface area contributed by atoms with Gasteiger partial charge < -0.3 is 4.74 Å². The zero-order valence-electron chi connectivity index (χ0n) is 11.6. The predicted molar refractivity (Wildman–Crippen MR) is 78.8 cm³/mol. The highest BCUT2D eigenvalue weighted by molar-refractivity contribution is 6.32. The molecule has 3 aromatic rings. The lowest BCUT2D eigenvalue weighted by Crippen LogP contribution is -2.06. The molecule has 4 nitrogen and oxygen atoms in total. The Morgan fingerprint density at radius 2 is 1.92 bits per heavy atom. The Labute approximate surface area is 136 Å². The van der Waals surface area contributed by atoms with Gasteiger partial charge in [-0.3, -0.25) is 9.89 Å². The Bertz CT molecular complexity index is 962. The highest BCUT2D eigenvalue weighted by Crippen LogP contribution is 2.38. The molecule has 0 saturated carbocycles. The fourth-order valence-electron chi connectivity index (χ4n) is 2.06. The third-order valence-corrected chi connectivity index (χ3v) is 3.45. The van der Waals surface area contributed by atoms with Gasteiger partial charge in [0.05, 0.1) is 27.7 Å². The van der Waals surface area contributed by atoms with E-state index < -0.39 is 33.8 Å². The van der Waals surface area contributed by atoms with Crippen molar-refractivity contribution in [3.63, 3.8) is 0 Å². The summed E-state index contributed by atoms with van der Waals surface area (Å²) < 4.78 is 57.0. The number of alkyl halides is 3. The molecule has 2 aromatic carbocycles. The van der Waals surface area contributed by atoms with Gasteiger partial charge in [0.25, 0.3) is 0 Å². The van der Waals surface area contributed by atoms with Crippen molar-refractivity contribution in [3.8, 4) is 11.5 Å². The quantitative estimate of drug-likeness (QED) is 0.685. The van der Waals surface area contributed by atoms with Gasteiger partial charge in [0, 0.05) is 0 Å². The number of aromatic nitrogens is 2. The Kier molecular flexibility index (Phi) is 3.92. The number of aromatic amines is 1. The van der Waals surface area contributed by atoms with E-state index in [1.807, 2.05) is 0 Å². The van der Waals surface area contributed by atoms with Crippen LogP contribution >= 0.6 is 11.6 Å². The van der Waals surface area contributed by atoms with Crippen LogP contribution in [0.3, 0.4) is 0 Å². The first-order valence-corrected chi connectivity index (χ1v) is 6.85. The number of nitrogens with zero attached hydrogens (tertiary/aromatic N) is 1. The zero-order valence-corrected chi connectivity index (χ0v) is 12.4. The maximum absolute atomic E-state index is 13.9. The molecule has 0 aliphatic carbocycles. The van der Waals surface area contributed by atoms with E-state index in [-0.39, 0.29) is 11.1 Å². The van der Waals surface area contributed by atoms with Gasteiger partial charge in [-0.25, -0.2) is 4.39 Å². The first-order valence-electron chi connectivity index (χ1n) is 6.47. The second-order valence-electron chi connectivity index (χ2n) is 4.81. The van der Waals surface area contributed by atoms with Gasteiger partial charge in [0.2, 0.25) is 5.43 Å². The van der Waals surface area contributed by atoms with E-state index in [0.717, 1.165) is 6.20 Å². The maximum atomic E-state index is 13.9. The van der Waals surface area contributed by atoms with Gasteiger partial charge >= 0.3 is 6.18 Å². The summed E-state index contributed by atoms with van der Waals surface area (Å²) in [7, 11) is 0. The number of fused-ring (bicyclic) bond motifs is 1. The van der Waals surface area contributed by atoms with E-state index in [1.54, 1.807) is 0 Å². The van der Waals surface area contributed by atoms with Crippen LogP contribution in [0.15, 0.2) is 41.3 Å². The number of benzene rings is 2. The van der Waals surface area contributed by atoms with Crippen molar-refractivity contribution in [3.05, 3.63) is 63.2 Å². The van der Waals surface area contributed by atoms with E-state index >= 15 is 0 Å². The lowest BCUT2D eigenvalue weighted by Gasteiger charge is -2.12. The molecule has 9 heteroatoms. The van der Waals surface area contributed by atoms with Crippen LogP contribution in [-0.2, 0) is 6.18 Å². The molecular weight excluding hydrogens is 352 g/mol. The van der Waals surface area contributed by atoms with Crippen molar-refractivity contribution in [1.29, 1.82) is 0 Å². The lowest BCUT2D eigenvalue weighted by molar-refractivity contribution is -0.137. The standard InChI is InChI=1S/C15H7ClF4N2O2/c16-10-3-7(15(18,19)20)4-11(17)14(10)24-8-1-2-12-9(5-8)13(23)6-21-22-12/h1-6H,(H,22,23). The molecule has 0 fully saturated rings. The van der Waals surface area contributed by atoms with Crippen molar-refractivity contribution in [2.45, 2.75) is 6.18 Å². The number of halogens is 5. The SMILES string of the molecule is O=c1cn[nH]c2ccc(Oc3c(F)cc(C(F)(F)F)cc3Cl)cc12. The summed E-state index contributed by atoms with van der Waals surface area (Å²) in [6, 6.07) is 5.03. The van der Waals surface area contributed by atoms with Gasteiger partial charge in [-0.05, 0) is 30.3 Å². The van der Waals surface area contributed by atoms with E-state index in [2.05, 4.69) is 10.2 Å². The van der Waals surface area contributed by atoms with Gasteiger partial charge in [-0.2, -0.15) is 18.3 Å². The molecule has 1 heterocycles. The molecule has 0 radical (unpaired) electrons. The van der Waals surface area contributed by atoms with Gasteiger partial charge in [0.15, 0.2) is 11.6 Å². The molecule has 0 amide bonds. The summed E-state index contributed by atoms with van der Waals surface area (Å²) in [5.74, 6) is -1.78. The molecule has 0 atom stereocenters. The Morgan fingerprint density at radius 3 is 2.58 bits per heavy atom. The molecule has 0 bridgehead atoms. The third-order valence-electron chi connectivity index (χ3n) is 3.17. The first kappa shape index (κ1) is 16.3. The topological polar surface area (TPSA) is 55.0 Å². The molecule has 24 heavy (non-hydrogen) atoms. The fourth-order valence-corrected chi connectivity index (χ4v) is 2.30. The van der Waals surface area contributed by atoms with Gasteiger partial charge in [-0.1, -0.05) is 11.6 Å². The van der Waals surface area contributed by atoms with Crippen molar-refractivity contribution < 1.29 is 22.3 Å². The summed E-state index contributed by atoms with van der Waals surface area (Å²) in [6.07, 6.45) is -3.68. The van der Waals surface area contributed by atoms with Crippen LogP contribution in [0.2, 0.25) is 5.02 Å². The number of hydrogen-bond acceptors (Lipinski definition) is 3. The summed E-state index contributed by atoms with van der Waals surface area (Å²) in [6.45, 7) is 0. The molecule has 1 N–H and O–H groups in total. The van der Waals surface area contributed by atoms with Crippen molar-refractivity contribution in [2.24, 2.45) is 0 Å². The van der Waals surface area contributed by atoms with Crippen LogP contribution in [-0.4, -0.2) is 10.2 Å². The van der Waals surface area contributed by atoms with Crippen LogP contribution < -0.4 is 10.2 Å². The molecule has 124 valence electrons. The monoisotopic (exact) mass is 358 g/mol. The minimum Gasteiger partial charge on any atom is -0.453 e. The minimum atomic E-state index is -4.73. The molecule has 0 saturated heterocycles. The lowest BCUT2D eigenvalue weighted by atomic mass is 10.2. The van der Waals surface area contributed by atoms with Crippen molar-refractivity contribution in [2.75, 3.05) is 0 Å². The largest absolute Gasteiger partial charge is 0.453 e. The normalized spacial score (nSPS) is 11.7. The smallest absolute Gasteiger partial charge is 0.416 e. The third kappa shape index (κ3) is 3.05. The molecule has 0 unspecified atom stereocenters. The van der Waals surface area contributed by atoms with Crippen LogP contribution in [0.5, 0.6) is 11.5 Å². The molecule has 3 rings (SSSR count). The average molecular weight is 359 g/mol. The van der Waals surface area contributed by atoms with Crippen LogP contribution in [0.4, 0.5) is 17.6 Å². The van der Waals surface area contributed by atoms with Gasteiger partial charge in [-0.15, -0.1) is 0 Å². The van der Waals surface area contributed by atoms with E-state index in [0.29, 0.717) is 17.6 Å². The number of H-pyrrole nitrogens is 1. The second-order valence-corrected chi connectivity index (χ2v) is 5.22. The fraction of sp³-hybridized carbons (Fsp3) is 0.0667.